The van der Waals surface area contributed by atoms with Gasteiger partial charge in [-0.2, -0.15) is 0 Å². The van der Waals surface area contributed by atoms with Crippen molar-refractivity contribution in [1.82, 2.24) is 0 Å². The zero-order chi connectivity index (χ0) is 9.10. The second-order valence-corrected chi connectivity index (χ2v) is 3.31. The summed E-state index contributed by atoms with van der Waals surface area (Å²) in [7, 11) is 0. The number of hydrogen-bond acceptors (Lipinski definition) is 1. The summed E-state index contributed by atoms with van der Waals surface area (Å²) in [5.41, 5.74) is 2.81. The van der Waals surface area contributed by atoms with Crippen LogP contribution in [0, 0.1) is 12.3 Å². The van der Waals surface area contributed by atoms with Gasteiger partial charge in [0.15, 0.2) is 0 Å². The van der Waals surface area contributed by atoms with Gasteiger partial charge in [-0.05, 0) is 24.0 Å². The largest absolute Gasteiger partial charge is 0.365 e. The molecule has 0 spiro atoms. The van der Waals surface area contributed by atoms with Crippen molar-refractivity contribution in [3.63, 3.8) is 0 Å². The van der Waals surface area contributed by atoms with Gasteiger partial charge in [0, 0.05) is 0 Å². The standard InChI is InChI=1S/C12H12O/c1-2-7-13-12-8-10-5-3-4-6-11(10)9-12/h1,3-6,12H,7-9H2. The Hall–Kier alpha value is -1.26. The average Bonchev–Trinajstić information content (AvgIpc) is 2.57. The van der Waals surface area contributed by atoms with Crippen LogP contribution in [0.15, 0.2) is 24.3 Å². The zero-order valence-corrected chi connectivity index (χ0v) is 7.49. The molecule has 0 heterocycles. The molecule has 1 aliphatic carbocycles. The quantitative estimate of drug-likeness (QED) is 0.618. The fourth-order valence-electron chi connectivity index (χ4n) is 1.80. The van der Waals surface area contributed by atoms with Crippen molar-refractivity contribution >= 4 is 0 Å². The molecule has 1 nitrogen and oxygen atoms in total. The molecule has 1 aromatic rings. The first-order chi connectivity index (χ1) is 6.40. The fourth-order valence-corrected chi connectivity index (χ4v) is 1.80. The highest BCUT2D eigenvalue weighted by Crippen LogP contribution is 2.23. The van der Waals surface area contributed by atoms with Gasteiger partial charge < -0.3 is 4.74 Å². The van der Waals surface area contributed by atoms with Crippen molar-refractivity contribution < 1.29 is 4.74 Å². The minimum absolute atomic E-state index is 0.299. The summed E-state index contributed by atoms with van der Waals surface area (Å²) < 4.78 is 5.50. The van der Waals surface area contributed by atoms with E-state index in [4.69, 9.17) is 11.2 Å². The molecule has 1 aliphatic rings. The van der Waals surface area contributed by atoms with Crippen LogP contribution >= 0.6 is 0 Å². The van der Waals surface area contributed by atoms with E-state index in [9.17, 15) is 0 Å². The number of hydrogen-bond donors (Lipinski definition) is 0. The molecule has 0 aliphatic heterocycles. The molecule has 13 heavy (non-hydrogen) atoms. The van der Waals surface area contributed by atoms with Crippen molar-refractivity contribution in [2.75, 3.05) is 6.61 Å². The van der Waals surface area contributed by atoms with E-state index >= 15 is 0 Å². The lowest BCUT2D eigenvalue weighted by Gasteiger charge is -2.06. The summed E-state index contributed by atoms with van der Waals surface area (Å²) >= 11 is 0. The molecule has 0 aromatic heterocycles. The normalized spacial score (nSPS) is 15.3. The predicted octanol–water partition coefficient (Wildman–Crippen LogP) is 1.80. The zero-order valence-electron chi connectivity index (χ0n) is 7.49. The summed E-state index contributed by atoms with van der Waals surface area (Å²) in [4.78, 5) is 0. The van der Waals surface area contributed by atoms with Crippen molar-refractivity contribution in [2.24, 2.45) is 0 Å². The molecule has 0 radical (unpaired) electrons. The highest BCUT2D eigenvalue weighted by Gasteiger charge is 2.20. The fraction of sp³-hybridized carbons (Fsp3) is 0.333. The molecule has 0 N–H and O–H groups in total. The Kier molecular flexibility index (Phi) is 2.33. The first kappa shape index (κ1) is 8.34. The van der Waals surface area contributed by atoms with Crippen LogP contribution in [0.25, 0.3) is 0 Å². The minimum Gasteiger partial charge on any atom is -0.365 e. The topological polar surface area (TPSA) is 9.23 Å². The lowest BCUT2D eigenvalue weighted by molar-refractivity contribution is 0.0864. The maximum Gasteiger partial charge on any atom is 0.107 e. The molecular weight excluding hydrogens is 160 g/mol. The number of fused-ring (bicyclic) bond motifs is 1. The van der Waals surface area contributed by atoms with E-state index in [1.165, 1.54) is 11.1 Å². The van der Waals surface area contributed by atoms with Crippen molar-refractivity contribution in [1.29, 1.82) is 0 Å². The maximum atomic E-state index is 5.50. The molecule has 0 amide bonds. The van der Waals surface area contributed by atoms with Crippen LogP contribution in [0.4, 0.5) is 0 Å². The predicted molar refractivity (Wildman–Crippen MR) is 52.4 cm³/mol. The molecule has 0 fully saturated rings. The molecule has 0 saturated carbocycles. The van der Waals surface area contributed by atoms with Gasteiger partial charge in [0.05, 0.1) is 6.10 Å². The van der Waals surface area contributed by atoms with Crippen LogP contribution in [0.3, 0.4) is 0 Å². The van der Waals surface area contributed by atoms with Gasteiger partial charge in [-0.25, -0.2) is 0 Å². The number of rotatable bonds is 2. The van der Waals surface area contributed by atoms with E-state index in [0.29, 0.717) is 12.7 Å². The lowest BCUT2D eigenvalue weighted by atomic mass is 10.1. The Morgan fingerprint density at radius 1 is 1.31 bits per heavy atom. The van der Waals surface area contributed by atoms with E-state index < -0.39 is 0 Å². The average molecular weight is 172 g/mol. The molecular formula is C12H12O. The van der Waals surface area contributed by atoms with Gasteiger partial charge in [-0.3, -0.25) is 0 Å². The molecule has 0 bridgehead atoms. The van der Waals surface area contributed by atoms with Gasteiger partial charge in [-0.1, -0.05) is 30.2 Å². The molecule has 0 atom stereocenters. The third-order valence-corrected chi connectivity index (χ3v) is 2.42. The van der Waals surface area contributed by atoms with Gasteiger partial charge in [0.2, 0.25) is 0 Å². The molecule has 0 saturated heterocycles. The lowest BCUT2D eigenvalue weighted by Crippen LogP contribution is -2.12. The summed E-state index contributed by atoms with van der Waals surface area (Å²) in [5.74, 6) is 2.50. The number of ether oxygens (including phenoxy) is 1. The Morgan fingerprint density at radius 2 is 1.92 bits per heavy atom. The van der Waals surface area contributed by atoms with Crippen molar-refractivity contribution in [3.05, 3.63) is 35.4 Å². The highest BCUT2D eigenvalue weighted by molar-refractivity contribution is 5.32. The van der Waals surface area contributed by atoms with E-state index in [-0.39, 0.29) is 0 Å². The van der Waals surface area contributed by atoms with Crippen LogP contribution in [-0.2, 0) is 17.6 Å². The molecule has 0 unspecified atom stereocenters. The first-order valence-corrected chi connectivity index (χ1v) is 4.52. The Bertz CT molecular complexity index is 310. The molecule has 1 heteroatoms. The minimum atomic E-state index is 0.299. The second-order valence-electron chi connectivity index (χ2n) is 3.31. The van der Waals surface area contributed by atoms with Gasteiger partial charge in [0.25, 0.3) is 0 Å². The van der Waals surface area contributed by atoms with E-state index in [0.717, 1.165) is 12.8 Å². The van der Waals surface area contributed by atoms with Crippen LogP contribution in [0.2, 0.25) is 0 Å². The van der Waals surface area contributed by atoms with Crippen molar-refractivity contribution in [2.45, 2.75) is 18.9 Å². The summed E-state index contributed by atoms with van der Waals surface area (Å²) in [5, 5.41) is 0. The van der Waals surface area contributed by atoms with E-state index in [1.54, 1.807) is 0 Å². The van der Waals surface area contributed by atoms with Crippen LogP contribution in [-0.4, -0.2) is 12.7 Å². The Morgan fingerprint density at radius 3 is 2.46 bits per heavy atom. The smallest absolute Gasteiger partial charge is 0.107 e. The van der Waals surface area contributed by atoms with Crippen molar-refractivity contribution in [3.8, 4) is 12.3 Å². The first-order valence-electron chi connectivity index (χ1n) is 4.52. The molecule has 66 valence electrons. The van der Waals surface area contributed by atoms with Gasteiger partial charge in [-0.15, -0.1) is 6.42 Å². The molecule has 2 rings (SSSR count). The Balaban J connectivity index is 2.02. The van der Waals surface area contributed by atoms with Gasteiger partial charge in [0.1, 0.15) is 6.61 Å². The van der Waals surface area contributed by atoms with E-state index in [2.05, 4.69) is 30.2 Å². The van der Waals surface area contributed by atoms with Crippen LogP contribution < -0.4 is 0 Å². The summed E-state index contributed by atoms with van der Waals surface area (Å²) in [6.07, 6.45) is 7.46. The highest BCUT2D eigenvalue weighted by atomic mass is 16.5. The third-order valence-electron chi connectivity index (χ3n) is 2.42. The number of terminal acetylenes is 1. The van der Waals surface area contributed by atoms with Crippen LogP contribution in [0.5, 0.6) is 0 Å². The Labute approximate surface area is 78.7 Å². The van der Waals surface area contributed by atoms with Crippen LogP contribution in [0.1, 0.15) is 11.1 Å². The maximum absolute atomic E-state index is 5.50. The third kappa shape index (κ3) is 1.74. The second kappa shape index (κ2) is 3.64. The van der Waals surface area contributed by atoms with Gasteiger partial charge >= 0.3 is 0 Å². The van der Waals surface area contributed by atoms with E-state index in [1.807, 2.05) is 0 Å². The summed E-state index contributed by atoms with van der Waals surface area (Å²) in [6.45, 7) is 0.429. The SMILES string of the molecule is C#CCOC1Cc2ccccc2C1. The molecule has 1 aromatic carbocycles. The monoisotopic (exact) mass is 172 g/mol. The summed E-state index contributed by atoms with van der Waals surface area (Å²) in [6, 6.07) is 8.47. The number of benzene rings is 1.